The molecule has 1 saturated heterocycles. The Morgan fingerprint density at radius 1 is 1.54 bits per heavy atom. The quantitative estimate of drug-likeness (QED) is 0.446. The Bertz CT molecular complexity index is 291. The topological polar surface area (TPSA) is 104 Å². The molecule has 1 aliphatic rings. The molecule has 13 heavy (non-hydrogen) atoms. The van der Waals surface area contributed by atoms with Crippen molar-refractivity contribution in [2.45, 2.75) is 6.10 Å². The van der Waals surface area contributed by atoms with Crippen molar-refractivity contribution in [1.29, 1.82) is 0 Å². The molecule has 0 spiro atoms. The Hall–Kier alpha value is -1.34. The summed E-state index contributed by atoms with van der Waals surface area (Å²) in [6.07, 6.45) is -0.149. The van der Waals surface area contributed by atoms with Crippen molar-refractivity contribution < 1.29 is 4.74 Å². The van der Waals surface area contributed by atoms with Crippen LogP contribution in [0.25, 0.3) is 0 Å². The molecule has 2 heterocycles. The molecule has 1 aromatic rings. The van der Waals surface area contributed by atoms with E-state index < -0.39 is 0 Å². The molecular formula is C6H12N6O. The number of nitrogens with two attached hydrogens (primary N) is 2. The summed E-state index contributed by atoms with van der Waals surface area (Å²) in [5, 5.41) is 10.7. The predicted octanol–water partition coefficient (Wildman–Crippen LogP) is -1.76. The minimum absolute atomic E-state index is 0.149. The molecule has 0 aliphatic carbocycles. The molecular weight excluding hydrogens is 172 g/mol. The van der Waals surface area contributed by atoms with E-state index in [9.17, 15) is 0 Å². The largest absolute Gasteiger partial charge is 0.367 e. The highest BCUT2D eigenvalue weighted by Crippen LogP contribution is 2.15. The third kappa shape index (κ3) is 1.43. The van der Waals surface area contributed by atoms with E-state index in [0.717, 1.165) is 6.54 Å². The van der Waals surface area contributed by atoms with E-state index in [1.807, 2.05) is 0 Å². The first-order valence-corrected chi connectivity index (χ1v) is 4.07. The van der Waals surface area contributed by atoms with Gasteiger partial charge in [0.2, 0.25) is 5.95 Å². The summed E-state index contributed by atoms with van der Waals surface area (Å²) in [5.41, 5.74) is 5.44. The molecule has 2 rings (SSSR count). The normalized spacial score (nSPS) is 23.2. The lowest BCUT2D eigenvalue weighted by atomic mass is 10.3. The van der Waals surface area contributed by atoms with Crippen molar-refractivity contribution in [3.05, 3.63) is 5.82 Å². The molecule has 1 aromatic heterocycles. The van der Waals surface area contributed by atoms with Gasteiger partial charge in [0.25, 0.3) is 0 Å². The maximum atomic E-state index is 5.59. The van der Waals surface area contributed by atoms with Crippen LogP contribution in [0.4, 0.5) is 5.95 Å². The monoisotopic (exact) mass is 184 g/mol. The van der Waals surface area contributed by atoms with Crippen LogP contribution in [0.1, 0.15) is 11.9 Å². The van der Waals surface area contributed by atoms with Gasteiger partial charge in [0.1, 0.15) is 6.10 Å². The van der Waals surface area contributed by atoms with Crippen molar-refractivity contribution in [3.8, 4) is 0 Å². The highest BCUT2D eigenvalue weighted by atomic mass is 16.5. The van der Waals surface area contributed by atoms with Gasteiger partial charge >= 0.3 is 0 Å². The van der Waals surface area contributed by atoms with E-state index in [1.54, 1.807) is 0 Å². The molecule has 7 nitrogen and oxygen atoms in total. The van der Waals surface area contributed by atoms with Crippen molar-refractivity contribution in [3.63, 3.8) is 0 Å². The second kappa shape index (κ2) is 3.19. The first kappa shape index (κ1) is 8.27. The fraction of sp³-hybridized carbons (Fsp3) is 0.667. The second-order valence-corrected chi connectivity index (χ2v) is 2.85. The van der Waals surface area contributed by atoms with E-state index in [2.05, 4.69) is 15.5 Å². The van der Waals surface area contributed by atoms with Crippen molar-refractivity contribution >= 4 is 5.95 Å². The molecule has 0 saturated carbocycles. The van der Waals surface area contributed by atoms with Crippen molar-refractivity contribution in [2.75, 3.05) is 31.3 Å². The number of ether oxygens (including phenoxy) is 1. The molecule has 0 bridgehead atoms. The molecule has 1 fully saturated rings. The van der Waals surface area contributed by atoms with Gasteiger partial charge in [-0.25, -0.2) is 4.68 Å². The van der Waals surface area contributed by atoms with Gasteiger partial charge in [-0.1, -0.05) is 0 Å². The average molecular weight is 184 g/mol. The molecule has 1 aliphatic heterocycles. The Morgan fingerprint density at radius 2 is 2.38 bits per heavy atom. The number of hydrogen-bond acceptors (Lipinski definition) is 6. The first-order valence-electron chi connectivity index (χ1n) is 4.07. The predicted molar refractivity (Wildman–Crippen MR) is 46.1 cm³/mol. The molecule has 0 aromatic carbocycles. The maximum Gasteiger partial charge on any atom is 0.240 e. The van der Waals surface area contributed by atoms with Gasteiger partial charge in [-0.3, -0.25) is 0 Å². The summed E-state index contributed by atoms with van der Waals surface area (Å²) in [4.78, 5) is 0. The fourth-order valence-corrected chi connectivity index (χ4v) is 1.27. The minimum Gasteiger partial charge on any atom is -0.367 e. The van der Waals surface area contributed by atoms with E-state index in [0.29, 0.717) is 19.0 Å². The van der Waals surface area contributed by atoms with Crippen LogP contribution in [0, 0.1) is 0 Å². The van der Waals surface area contributed by atoms with E-state index in [1.165, 1.54) is 4.68 Å². The van der Waals surface area contributed by atoms with Crippen LogP contribution >= 0.6 is 0 Å². The van der Waals surface area contributed by atoms with Crippen LogP contribution in [0.2, 0.25) is 0 Å². The SMILES string of the molecule is Nc1nnc(C2CNCCO2)n1N. The van der Waals surface area contributed by atoms with Gasteiger partial charge in [0.05, 0.1) is 6.61 Å². The smallest absolute Gasteiger partial charge is 0.240 e. The number of rotatable bonds is 1. The number of anilines is 1. The van der Waals surface area contributed by atoms with E-state index in [4.69, 9.17) is 16.3 Å². The van der Waals surface area contributed by atoms with E-state index in [-0.39, 0.29) is 12.1 Å². The van der Waals surface area contributed by atoms with Crippen LogP contribution in [0.15, 0.2) is 0 Å². The second-order valence-electron chi connectivity index (χ2n) is 2.85. The Labute approximate surface area is 75.0 Å². The van der Waals surface area contributed by atoms with Gasteiger partial charge in [0.15, 0.2) is 5.82 Å². The number of hydrogen-bond donors (Lipinski definition) is 3. The van der Waals surface area contributed by atoms with Gasteiger partial charge in [-0.15, -0.1) is 10.2 Å². The third-order valence-corrected chi connectivity index (χ3v) is 1.96. The summed E-state index contributed by atoms with van der Waals surface area (Å²) in [7, 11) is 0. The zero-order valence-electron chi connectivity index (χ0n) is 7.10. The number of nitrogens with one attached hydrogen (secondary N) is 1. The molecule has 5 N–H and O–H groups in total. The van der Waals surface area contributed by atoms with Crippen molar-refractivity contribution in [1.82, 2.24) is 20.2 Å². The average Bonchev–Trinajstić information content (AvgIpc) is 2.49. The third-order valence-electron chi connectivity index (χ3n) is 1.96. The maximum absolute atomic E-state index is 5.59. The van der Waals surface area contributed by atoms with Gasteiger partial charge in [-0.2, -0.15) is 0 Å². The zero-order valence-corrected chi connectivity index (χ0v) is 7.10. The summed E-state index contributed by atoms with van der Waals surface area (Å²) in [6, 6.07) is 0. The molecule has 72 valence electrons. The molecule has 7 heteroatoms. The zero-order chi connectivity index (χ0) is 9.26. The summed E-state index contributed by atoms with van der Waals surface area (Å²) >= 11 is 0. The summed E-state index contributed by atoms with van der Waals surface area (Å²) in [5.74, 6) is 6.35. The number of nitrogen functional groups attached to an aromatic ring is 2. The van der Waals surface area contributed by atoms with Crippen molar-refractivity contribution in [2.24, 2.45) is 0 Å². The number of nitrogens with zero attached hydrogens (tertiary/aromatic N) is 3. The molecule has 1 atom stereocenters. The lowest BCUT2D eigenvalue weighted by molar-refractivity contribution is 0.0207. The van der Waals surface area contributed by atoms with Crippen LogP contribution in [-0.2, 0) is 4.74 Å². The summed E-state index contributed by atoms with van der Waals surface area (Å²) in [6.45, 7) is 2.19. The lowest BCUT2D eigenvalue weighted by Crippen LogP contribution is -2.35. The van der Waals surface area contributed by atoms with Crippen LogP contribution in [-0.4, -0.2) is 34.6 Å². The van der Waals surface area contributed by atoms with Crippen LogP contribution in [0.5, 0.6) is 0 Å². The van der Waals surface area contributed by atoms with Crippen LogP contribution in [0.3, 0.4) is 0 Å². The number of aromatic nitrogens is 3. The molecule has 1 unspecified atom stereocenters. The Balaban J connectivity index is 2.18. The van der Waals surface area contributed by atoms with Crippen LogP contribution < -0.4 is 16.9 Å². The fourth-order valence-electron chi connectivity index (χ4n) is 1.27. The lowest BCUT2D eigenvalue weighted by Gasteiger charge is -2.22. The van der Waals surface area contributed by atoms with E-state index >= 15 is 0 Å². The number of morpholine rings is 1. The highest BCUT2D eigenvalue weighted by Gasteiger charge is 2.21. The van der Waals surface area contributed by atoms with Gasteiger partial charge in [-0.05, 0) is 0 Å². The Morgan fingerprint density at radius 3 is 2.92 bits per heavy atom. The minimum atomic E-state index is -0.149. The van der Waals surface area contributed by atoms with Gasteiger partial charge in [0, 0.05) is 13.1 Å². The van der Waals surface area contributed by atoms with Gasteiger partial charge < -0.3 is 21.6 Å². The first-order chi connectivity index (χ1) is 6.29. The highest BCUT2D eigenvalue weighted by molar-refractivity contribution is 5.18. The molecule has 0 radical (unpaired) electrons. The standard InChI is InChI=1S/C6H12N6O/c7-6-11-10-5(12(6)8)4-3-9-1-2-13-4/h4,9H,1-3,8H2,(H2,7,11). The Kier molecular flexibility index (Phi) is 2.03. The summed E-state index contributed by atoms with van der Waals surface area (Å²) < 4.78 is 6.68. The molecule has 0 amide bonds.